The van der Waals surface area contributed by atoms with Crippen LogP contribution in [0.2, 0.25) is 0 Å². The molecule has 0 saturated carbocycles. The summed E-state index contributed by atoms with van der Waals surface area (Å²) in [4.78, 5) is 3.93. The maximum Gasteiger partial charge on any atom is 0.261 e. The van der Waals surface area contributed by atoms with Crippen molar-refractivity contribution in [2.75, 3.05) is 13.6 Å². The molecule has 118 valence electrons. The average Bonchev–Trinajstić information content (AvgIpc) is 2.94. The molecule has 0 N–H and O–H groups in total. The highest BCUT2D eigenvalue weighted by atomic mass is 32.2. The number of nitrogens with zero attached hydrogens (tertiary/aromatic N) is 3. The van der Waals surface area contributed by atoms with Gasteiger partial charge < -0.3 is 9.30 Å². The second-order valence-electron chi connectivity index (χ2n) is 5.57. The lowest BCUT2D eigenvalue weighted by molar-refractivity contribution is 0.0202. The van der Waals surface area contributed by atoms with E-state index in [1.165, 1.54) is 28.0 Å². The van der Waals surface area contributed by atoms with E-state index >= 15 is 0 Å². The van der Waals surface area contributed by atoms with Gasteiger partial charge in [0.1, 0.15) is 0 Å². The molecule has 0 aliphatic carbocycles. The molecule has 2 heterocycles. The van der Waals surface area contributed by atoms with E-state index in [2.05, 4.69) is 11.1 Å². The number of aryl methyl sites for hydroxylation is 1. The van der Waals surface area contributed by atoms with Gasteiger partial charge in [-0.3, -0.25) is 0 Å². The Kier molecular flexibility index (Phi) is 4.03. The monoisotopic (exact) mass is 321 g/mol. The van der Waals surface area contributed by atoms with Crippen molar-refractivity contribution in [2.45, 2.75) is 24.2 Å². The van der Waals surface area contributed by atoms with Crippen molar-refractivity contribution >= 4 is 10.0 Å². The van der Waals surface area contributed by atoms with Gasteiger partial charge in [0.15, 0.2) is 5.03 Å². The molecule has 0 fully saturated rings. The fourth-order valence-electron chi connectivity index (χ4n) is 2.59. The molecule has 1 aromatic heterocycles. The number of aromatic nitrogens is 2. The maximum absolute atomic E-state index is 12.5. The maximum atomic E-state index is 12.5. The minimum atomic E-state index is -3.57. The lowest BCUT2D eigenvalue weighted by Gasteiger charge is -2.28. The molecule has 7 heteroatoms. The SMILES string of the molecule is CN(C[C@@H]1Cc2ccccc2CO1)S(=O)(=O)c1cn(C)cn1. The van der Waals surface area contributed by atoms with E-state index in [9.17, 15) is 8.42 Å². The highest BCUT2D eigenvalue weighted by Crippen LogP contribution is 2.22. The molecule has 1 aromatic carbocycles. The van der Waals surface area contributed by atoms with E-state index in [1.54, 1.807) is 18.7 Å². The third-order valence-corrected chi connectivity index (χ3v) is 5.57. The molecule has 2 aromatic rings. The van der Waals surface area contributed by atoms with Crippen LogP contribution >= 0.6 is 0 Å². The van der Waals surface area contributed by atoms with E-state index in [0.717, 1.165) is 6.42 Å². The van der Waals surface area contributed by atoms with Crippen LogP contribution in [0.1, 0.15) is 11.1 Å². The summed E-state index contributed by atoms with van der Waals surface area (Å²) in [5.41, 5.74) is 2.40. The number of fused-ring (bicyclic) bond motifs is 1. The third-order valence-electron chi connectivity index (χ3n) is 3.86. The Balaban J connectivity index is 1.71. The summed E-state index contributed by atoms with van der Waals surface area (Å²) in [6.07, 6.45) is 3.56. The fraction of sp³-hybridized carbons (Fsp3) is 0.400. The zero-order valence-corrected chi connectivity index (χ0v) is 13.5. The molecule has 6 nitrogen and oxygen atoms in total. The number of benzene rings is 1. The number of imidazole rings is 1. The first kappa shape index (κ1) is 15.2. The number of hydrogen-bond donors (Lipinski definition) is 0. The first-order chi connectivity index (χ1) is 10.5. The van der Waals surface area contributed by atoms with Gasteiger partial charge >= 0.3 is 0 Å². The molecule has 0 unspecified atom stereocenters. The Morgan fingerprint density at radius 2 is 2.09 bits per heavy atom. The molecule has 0 bridgehead atoms. The van der Waals surface area contributed by atoms with E-state index in [4.69, 9.17) is 4.74 Å². The van der Waals surface area contributed by atoms with Gasteiger partial charge in [-0.2, -0.15) is 4.31 Å². The van der Waals surface area contributed by atoms with Gasteiger partial charge in [0.2, 0.25) is 0 Å². The Hall–Kier alpha value is -1.70. The van der Waals surface area contributed by atoms with Crippen LogP contribution in [-0.2, 0) is 34.8 Å². The summed E-state index contributed by atoms with van der Waals surface area (Å²) in [5, 5.41) is 0.0636. The van der Waals surface area contributed by atoms with Crippen LogP contribution in [0.3, 0.4) is 0 Å². The van der Waals surface area contributed by atoms with Gasteiger partial charge in [-0.1, -0.05) is 24.3 Å². The number of rotatable bonds is 4. The summed E-state index contributed by atoms with van der Waals surface area (Å²) >= 11 is 0. The largest absolute Gasteiger partial charge is 0.372 e. The van der Waals surface area contributed by atoms with Gasteiger partial charge in [-0.15, -0.1) is 0 Å². The number of hydrogen-bond acceptors (Lipinski definition) is 4. The highest BCUT2D eigenvalue weighted by molar-refractivity contribution is 7.89. The number of sulfonamides is 1. The summed E-state index contributed by atoms with van der Waals surface area (Å²) < 4.78 is 33.6. The molecule has 1 aliphatic rings. The molecule has 1 aliphatic heterocycles. The van der Waals surface area contributed by atoms with Gasteiger partial charge in [-0.25, -0.2) is 13.4 Å². The topological polar surface area (TPSA) is 64.4 Å². The molecule has 22 heavy (non-hydrogen) atoms. The lowest BCUT2D eigenvalue weighted by atomic mass is 9.99. The molecule has 0 spiro atoms. The Labute approximate surface area is 130 Å². The van der Waals surface area contributed by atoms with Crippen LogP contribution in [0.15, 0.2) is 41.8 Å². The molecule has 0 radical (unpaired) electrons. The van der Waals surface area contributed by atoms with Gasteiger partial charge in [-0.05, 0) is 11.1 Å². The zero-order chi connectivity index (χ0) is 15.7. The first-order valence-electron chi connectivity index (χ1n) is 7.09. The highest BCUT2D eigenvalue weighted by Gasteiger charge is 2.28. The van der Waals surface area contributed by atoms with Crippen LogP contribution in [-0.4, -0.2) is 42.0 Å². The predicted molar refractivity (Wildman–Crippen MR) is 81.7 cm³/mol. The molecule has 3 rings (SSSR count). The van der Waals surface area contributed by atoms with E-state index < -0.39 is 10.0 Å². The smallest absolute Gasteiger partial charge is 0.261 e. The summed E-state index contributed by atoms with van der Waals surface area (Å²) in [6.45, 7) is 0.839. The summed E-state index contributed by atoms with van der Waals surface area (Å²) in [7, 11) is -0.267. The van der Waals surface area contributed by atoms with Crippen LogP contribution in [0.4, 0.5) is 0 Å². The van der Waals surface area contributed by atoms with E-state index in [1.807, 2.05) is 18.2 Å². The fourth-order valence-corrected chi connectivity index (χ4v) is 3.75. The van der Waals surface area contributed by atoms with E-state index in [0.29, 0.717) is 13.2 Å². The second-order valence-corrected chi connectivity index (χ2v) is 7.56. The zero-order valence-electron chi connectivity index (χ0n) is 12.6. The Bertz CT molecular complexity index is 770. The molecule has 0 amide bonds. The Morgan fingerprint density at radius 3 is 2.77 bits per heavy atom. The minimum Gasteiger partial charge on any atom is -0.372 e. The molecule has 0 saturated heterocycles. The van der Waals surface area contributed by atoms with Crippen molar-refractivity contribution < 1.29 is 13.2 Å². The van der Waals surface area contributed by atoms with E-state index in [-0.39, 0.29) is 11.1 Å². The van der Waals surface area contributed by atoms with Crippen LogP contribution in [0.5, 0.6) is 0 Å². The van der Waals surface area contributed by atoms with Crippen molar-refractivity contribution in [1.82, 2.24) is 13.9 Å². The van der Waals surface area contributed by atoms with Gasteiger partial charge in [0.25, 0.3) is 10.0 Å². The van der Waals surface area contributed by atoms with Gasteiger partial charge in [0.05, 0.1) is 19.0 Å². The minimum absolute atomic E-state index is 0.0636. The third kappa shape index (κ3) is 2.92. The predicted octanol–water partition coefficient (Wildman–Crippen LogP) is 1.18. The van der Waals surface area contributed by atoms with Crippen molar-refractivity contribution in [3.8, 4) is 0 Å². The van der Waals surface area contributed by atoms with Gasteiger partial charge in [0, 0.05) is 33.3 Å². The summed E-state index contributed by atoms with van der Waals surface area (Å²) in [5.74, 6) is 0. The van der Waals surface area contributed by atoms with Crippen LogP contribution < -0.4 is 0 Å². The standard InChI is InChI=1S/C15H19N3O3S/c1-17-9-15(16-11-17)22(19,20)18(2)8-14-7-12-5-3-4-6-13(12)10-21-14/h3-6,9,11,14H,7-8,10H2,1-2H3/t14-/m0/s1. The van der Waals surface area contributed by atoms with Crippen molar-refractivity contribution in [2.24, 2.45) is 7.05 Å². The van der Waals surface area contributed by atoms with Crippen molar-refractivity contribution in [3.63, 3.8) is 0 Å². The van der Waals surface area contributed by atoms with Crippen molar-refractivity contribution in [1.29, 1.82) is 0 Å². The Morgan fingerprint density at radius 1 is 1.36 bits per heavy atom. The molecular weight excluding hydrogens is 302 g/mol. The first-order valence-corrected chi connectivity index (χ1v) is 8.53. The number of likely N-dealkylation sites (N-methyl/N-ethyl adjacent to an activating group) is 1. The molecule has 1 atom stereocenters. The van der Waals surface area contributed by atoms with Crippen molar-refractivity contribution in [3.05, 3.63) is 47.9 Å². The quantitative estimate of drug-likeness (QED) is 0.848. The van der Waals surface area contributed by atoms with Crippen LogP contribution in [0, 0.1) is 0 Å². The number of ether oxygens (including phenoxy) is 1. The molecular formula is C15H19N3O3S. The normalized spacial score (nSPS) is 18.4. The second kappa shape index (κ2) is 5.83. The summed E-state index contributed by atoms with van der Waals surface area (Å²) in [6, 6.07) is 8.09. The average molecular weight is 321 g/mol. The van der Waals surface area contributed by atoms with Crippen LogP contribution in [0.25, 0.3) is 0 Å². The lowest BCUT2D eigenvalue weighted by Crippen LogP contribution is -2.38.